The van der Waals surface area contributed by atoms with Gasteiger partial charge in [0.05, 0.1) is 12.8 Å². The van der Waals surface area contributed by atoms with E-state index in [1.165, 1.54) is 0 Å². The van der Waals surface area contributed by atoms with Crippen molar-refractivity contribution in [2.45, 2.75) is 27.7 Å². The van der Waals surface area contributed by atoms with Gasteiger partial charge in [-0.1, -0.05) is 0 Å². The Kier molecular flexibility index (Phi) is 3.71. The highest BCUT2D eigenvalue weighted by Gasteiger charge is 2.14. The van der Waals surface area contributed by atoms with Crippen molar-refractivity contribution in [3.05, 3.63) is 40.3 Å². The standard InChI is InChI=1S/C16H17N3O/c1-9-6-13(11(3)12(4)16(9)20-5)14-7-10(2)18-15(8-17)19-14/h6-7H,1-5H3. The van der Waals surface area contributed by atoms with Gasteiger partial charge in [0.2, 0.25) is 5.82 Å². The lowest BCUT2D eigenvalue weighted by molar-refractivity contribution is 0.408. The summed E-state index contributed by atoms with van der Waals surface area (Å²) in [6, 6.07) is 5.95. The molecule has 0 aliphatic carbocycles. The molecule has 0 saturated carbocycles. The normalized spacial score (nSPS) is 10.2. The molecular formula is C16H17N3O. The molecule has 0 aliphatic rings. The van der Waals surface area contributed by atoms with Gasteiger partial charge in [-0.2, -0.15) is 5.26 Å². The van der Waals surface area contributed by atoms with Crippen LogP contribution in [-0.2, 0) is 0 Å². The van der Waals surface area contributed by atoms with Gasteiger partial charge < -0.3 is 4.74 Å². The lowest BCUT2D eigenvalue weighted by Crippen LogP contribution is -2.00. The van der Waals surface area contributed by atoms with Gasteiger partial charge in [-0.15, -0.1) is 0 Å². The van der Waals surface area contributed by atoms with Crippen LogP contribution in [0.5, 0.6) is 5.75 Å². The Labute approximate surface area is 119 Å². The van der Waals surface area contributed by atoms with E-state index in [0.29, 0.717) is 0 Å². The van der Waals surface area contributed by atoms with Crippen molar-refractivity contribution >= 4 is 0 Å². The minimum atomic E-state index is 0.200. The zero-order chi connectivity index (χ0) is 14.9. The molecule has 1 aromatic carbocycles. The molecule has 2 rings (SSSR count). The van der Waals surface area contributed by atoms with Crippen LogP contribution in [-0.4, -0.2) is 17.1 Å². The molecule has 1 aromatic heterocycles. The van der Waals surface area contributed by atoms with E-state index < -0.39 is 0 Å². The molecule has 4 heteroatoms. The van der Waals surface area contributed by atoms with Gasteiger partial charge in [-0.3, -0.25) is 0 Å². The van der Waals surface area contributed by atoms with E-state index in [1.807, 2.05) is 45.9 Å². The number of benzene rings is 1. The second-order valence-electron chi connectivity index (χ2n) is 4.85. The van der Waals surface area contributed by atoms with Crippen LogP contribution in [0.15, 0.2) is 12.1 Å². The largest absolute Gasteiger partial charge is 0.496 e. The van der Waals surface area contributed by atoms with Crippen LogP contribution in [0.25, 0.3) is 11.3 Å². The summed E-state index contributed by atoms with van der Waals surface area (Å²) in [4.78, 5) is 8.40. The van der Waals surface area contributed by atoms with Gasteiger partial charge in [0, 0.05) is 11.3 Å². The van der Waals surface area contributed by atoms with E-state index in [-0.39, 0.29) is 5.82 Å². The second kappa shape index (κ2) is 5.30. The first-order valence-corrected chi connectivity index (χ1v) is 6.39. The van der Waals surface area contributed by atoms with Crippen LogP contribution in [0.3, 0.4) is 0 Å². The Balaban J connectivity index is 2.71. The molecule has 0 atom stereocenters. The first-order valence-electron chi connectivity index (χ1n) is 6.39. The molecule has 0 aliphatic heterocycles. The van der Waals surface area contributed by atoms with Gasteiger partial charge >= 0.3 is 0 Å². The fourth-order valence-electron chi connectivity index (χ4n) is 2.40. The third-order valence-electron chi connectivity index (χ3n) is 3.46. The van der Waals surface area contributed by atoms with Crippen LogP contribution in [0.2, 0.25) is 0 Å². The van der Waals surface area contributed by atoms with Crippen molar-refractivity contribution in [3.63, 3.8) is 0 Å². The summed E-state index contributed by atoms with van der Waals surface area (Å²) < 4.78 is 5.43. The van der Waals surface area contributed by atoms with Crippen LogP contribution >= 0.6 is 0 Å². The third kappa shape index (κ3) is 2.35. The van der Waals surface area contributed by atoms with Crippen molar-refractivity contribution < 1.29 is 4.74 Å². The summed E-state index contributed by atoms with van der Waals surface area (Å²) in [6.07, 6.45) is 0. The summed E-state index contributed by atoms with van der Waals surface area (Å²) in [7, 11) is 1.68. The van der Waals surface area contributed by atoms with E-state index in [2.05, 4.69) is 9.97 Å². The zero-order valence-corrected chi connectivity index (χ0v) is 12.4. The number of hydrogen-bond acceptors (Lipinski definition) is 4. The molecule has 2 aromatic rings. The molecule has 1 heterocycles. The highest BCUT2D eigenvalue weighted by atomic mass is 16.5. The minimum Gasteiger partial charge on any atom is -0.496 e. The number of hydrogen-bond donors (Lipinski definition) is 0. The van der Waals surface area contributed by atoms with E-state index in [9.17, 15) is 0 Å². The number of nitrogens with zero attached hydrogens (tertiary/aromatic N) is 3. The summed E-state index contributed by atoms with van der Waals surface area (Å²) >= 11 is 0. The average Bonchev–Trinajstić information content (AvgIpc) is 2.42. The predicted octanol–water partition coefficient (Wildman–Crippen LogP) is 3.26. The Morgan fingerprint density at radius 2 is 1.75 bits per heavy atom. The second-order valence-corrected chi connectivity index (χ2v) is 4.85. The molecular weight excluding hydrogens is 250 g/mol. The molecule has 0 spiro atoms. The molecule has 0 saturated heterocycles. The topological polar surface area (TPSA) is 58.8 Å². The average molecular weight is 267 g/mol. The molecule has 4 nitrogen and oxygen atoms in total. The Hall–Kier alpha value is -2.41. The lowest BCUT2D eigenvalue weighted by Gasteiger charge is -2.15. The minimum absolute atomic E-state index is 0.200. The summed E-state index contributed by atoms with van der Waals surface area (Å²) in [5.41, 5.74) is 5.84. The SMILES string of the molecule is COc1c(C)cc(-c2cc(C)nc(C#N)n2)c(C)c1C. The van der Waals surface area contributed by atoms with Gasteiger partial charge in [0.1, 0.15) is 11.8 Å². The fraction of sp³-hybridized carbons (Fsp3) is 0.312. The van der Waals surface area contributed by atoms with Crippen molar-refractivity contribution in [3.8, 4) is 23.1 Å². The number of methoxy groups -OCH3 is 1. The molecule has 102 valence electrons. The highest BCUT2D eigenvalue weighted by Crippen LogP contribution is 2.33. The maximum atomic E-state index is 9.00. The molecule has 0 amide bonds. The molecule has 0 radical (unpaired) electrons. The van der Waals surface area contributed by atoms with Crippen LogP contribution in [0.4, 0.5) is 0 Å². The van der Waals surface area contributed by atoms with Gasteiger partial charge in [-0.25, -0.2) is 9.97 Å². The maximum Gasteiger partial charge on any atom is 0.232 e. The van der Waals surface area contributed by atoms with Crippen molar-refractivity contribution in [1.82, 2.24) is 9.97 Å². The Bertz CT molecular complexity index is 715. The Morgan fingerprint density at radius 1 is 1.05 bits per heavy atom. The van der Waals surface area contributed by atoms with Crippen LogP contribution < -0.4 is 4.74 Å². The predicted molar refractivity (Wildman–Crippen MR) is 77.7 cm³/mol. The van der Waals surface area contributed by atoms with Crippen LogP contribution in [0, 0.1) is 39.0 Å². The Morgan fingerprint density at radius 3 is 2.35 bits per heavy atom. The van der Waals surface area contributed by atoms with Gasteiger partial charge in [-0.05, 0) is 56.5 Å². The number of aryl methyl sites for hydroxylation is 2. The summed E-state index contributed by atoms with van der Waals surface area (Å²) in [5.74, 6) is 1.10. The van der Waals surface area contributed by atoms with E-state index in [4.69, 9.17) is 10.00 Å². The molecule has 20 heavy (non-hydrogen) atoms. The number of rotatable bonds is 2. The van der Waals surface area contributed by atoms with Crippen molar-refractivity contribution in [1.29, 1.82) is 5.26 Å². The first kappa shape index (κ1) is 14.0. The van der Waals surface area contributed by atoms with E-state index in [0.717, 1.165) is 39.4 Å². The lowest BCUT2D eigenvalue weighted by atomic mass is 9.96. The summed E-state index contributed by atoms with van der Waals surface area (Å²) in [6.45, 7) is 7.94. The maximum absolute atomic E-state index is 9.00. The van der Waals surface area contributed by atoms with Crippen LogP contribution in [0.1, 0.15) is 28.2 Å². The number of ether oxygens (including phenoxy) is 1. The molecule has 0 bridgehead atoms. The summed E-state index contributed by atoms with van der Waals surface area (Å²) in [5, 5.41) is 9.00. The van der Waals surface area contributed by atoms with Crippen molar-refractivity contribution in [2.24, 2.45) is 0 Å². The van der Waals surface area contributed by atoms with Gasteiger partial charge in [0.25, 0.3) is 0 Å². The monoisotopic (exact) mass is 267 g/mol. The van der Waals surface area contributed by atoms with E-state index in [1.54, 1.807) is 7.11 Å². The highest BCUT2D eigenvalue weighted by molar-refractivity contribution is 5.69. The first-order chi connectivity index (χ1) is 9.47. The molecule has 0 N–H and O–H groups in total. The molecule has 0 fully saturated rings. The van der Waals surface area contributed by atoms with Crippen molar-refractivity contribution in [2.75, 3.05) is 7.11 Å². The zero-order valence-electron chi connectivity index (χ0n) is 12.4. The van der Waals surface area contributed by atoms with E-state index >= 15 is 0 Å². The number of nitriles is 1. The van der Waals surface area contributed by atoms with Gasteiger partial charge in [0.15, 0.2) is 0 Å². The number of aromatic nitrogens is 2. The third-order valence-corrected chi connectivity index (χ3v) is 3.46. The fourth-order valence-corrected chi connectivity index (χ4v) is 2.40. The molecule has 0 unspecified atom stereocenters. The quantitative estimate of drug-likeness (QED) is 0.838. The smallest absolute Gasteiger partial charge is 0.232 e.